The molecule has 0 aliphatic heterocycles. The largest absolute Gasteiger partial charge is 0.316 e. The summed E-state index contributed by atoms with van der Waals surface area (Å²) in [6.07, 6.45) is 1.02. The number of nitrogens with one attached hydrogen (secondary N) is 1. The average molecular weight is 305 g/mol. The van der Waals surface area contributed by atoms with E-state index in [1.807, 2.05) is 0 Å². The van der Waals surface area contributed by atoms with Gasteiger partial charge in [-0.25, -0.2) is 0 Å². The molecule has 0 radical (unpaired) electrons. The van der Waals surface area contributed by atoms with Gasteiger partial charge in [0, 0.05) is 22.3 Å². The molecule has 0 amide bonds. The fourth-order valence-corrected chi connectivity index (χ4v) is 2.14. The number of rotatable bonds is 6. The van der Waals surface area contributed by atoms with Crippen LogP contribution < -0.4 is 5.32 Å². The van der Waals surface area contributed by atoms with Crippen molar-refractivity contribution < 1.29 is 0 Å². The van der Waals surface area contributed by atoms with Crippen molar-refractivity contribution in [3.05, 3.63) is 34.3 Å². The van der Waals surface area contributed by atoms with Crippen LogP contribution in [-0.2, 0) is 5.41 Å². The molecular weight excluding hydrogens is 286 g/mol. The van der Waals surface area contributed by atoms with Gasteiger partial charge in [0.15, 0.2) is 0 Å². The third-order valence-electron chi connectivity index (χ3n) is 2.66. The molecule has 0 aromatic heterocycles. The van der Waals surface area contributed by atoms with E-state index >= 15 is 0 Å². The Labute approximate surface area is 112 Å². The molecule has 0 aliphatic rings. The fraction of sp³-hybridized carbons (Fsp3) is 0.538. The van der Waals surface area contributed by atoms with E-state index in [1.54, 1.807) is 0 Å². The fourth-order valence-electron chi connectivity index (χ4n) is 1.60. The van der Waals surface area contributed by atoms with Crippen LogP contribution in [0.25, 0.3) is 0 Å². The summed E-state index contributed by atoms with van der Waals surface area (Å²) in [5.74, 6) is 0.727. The van der Waals surface area contributed by atoms with Crippen LogP contribution in [0.1, 0.15) is 25.8 Å². The second-order valence-corrected chi connectivity index (χ2v) is 5.91. The molecule has 1 nitrogen and oxygen atoms in total. The molecular formula is C13H19BrClN. The van der Waals surface area contributed by atoms with Gasteiger partial charge in [0.1, 0.15) is 0 Å². The van der Waals surface area contributed by atoms with Gasteiger partial charge in [0.25, 0.3) is 0 Å². The molecule has 3 heteroatoms. The van der Waals surface area contributed by atoms with Gasteiger partial charge >= 0.3 is 0 Å². The van der Waals surface area contributed by atoms with Gasteiger partial charge in [-0.2, -0.15) is 0 Å². The van der Waals surface area contributed by atoms with E-state index in [4.69, 9.17) is 11.6 Å². The summed E-state index contributed by atoms with van der Waals surface area (Å²) in [4.78, 5) is 0. The second kappa shape index (κ2) is 6.63. The Morgan fingerprint density at radius 2 is 2.12 bits per heavy atom. The van der Waals surface area contributed by atoms with Crippen LogP contribution in [0.3, 0.4) is 0 Å². The summed E-state index contributed by atoms with van der Waals surface area (Å²) < 4.78 is 1.14. The second-order valence-electron chi connectivity index (χ2n) is 4.61. The van der Waals surface area contributed by atoms with Crippen LogP contribution in [0, 0.1) is 0 Å². The Bertz CT molecular complexity index is 325. The minimum absolute atomic E-state index is 0.149. The van der Waals surface area contributed by atoms with Crippen molar-refractivity contribution in [1.82, 2.24) is 5.32 Å². The first-order valence-electron chi connectivity index (χ1n) is 5.59. The van der Waals surface area contributed by atoms with Crippen molar-refractivity contribution in [2.24, 2.45) is 0 Å². The Hall–Kier alpha value is -0.0500. The molecule has 90 valence electrons. The average Bonchev–Trinajstić information content (AvgIpc) is 2.24. The Morgan fingerprint density at radius 3 is 2.75 bits per heavy atom. The van der Waals surface area contributed by atoms with Gasteiger partial charge in [-0.05, 0) is 30.7 Å². The standard InChI is InChI=1S/C13H19BrClN/c1-13(2,10-16-8-4-7-15)11-5-3-6-12(14)9-11/h3,5-6,9,16H,4,7-8,10H2,1-2H3. The van der Waals surface area contributed by atoms with Gasteiger partial charge in [0.2, 0.25) is 0 Å². The minimum atomic E-state index is 0.149. The lowest BCUT2D eigenvalue weighted by Crippen LogP contribution is -2.33. The molecule has 1 aromatic rings. The SMILES string of the molecule is CC(C)(CNCCCCl)c1cccc(Br)c1. The van der Waals surface area contributed by atoms with Crippen LogP contribution in [-0.4, -0.2) is 19.0 Å². The maximum atomic E-state index is 5.64. The topological polar surface area (TPSA) is 12.0 Å². The third-order valence-corrected chi connectivity index (χ3v) is 3.42. The summed E-state index contributed by atoms with van der Waals surface area (Å²) in [5.41, 5.74) is 1.50. The van der Waals surface area contributed by atoms with Gasteiger partial charge in [-0.15, -0.1) is 11.6 Å². The summed E-state index contributed by atoms with van der Waals surface area (Å²) in [7, 11) is 0. The summed E-state index contributed by atoms with van der Waals surface area (Å²) in [6.45, 7) is 6.46. The zero-order valence-corrected chi connectivity index (χ0v) is 12.2. The van der Waals surface area contributed by atoms with Crippen molar-refractivity contribution in [3.63, 3.8) is 0 Å². The van der Waals surface area contributed by atoms with Crippen LogP contribution >= 0.6 is 27.5 Å². The summed E-state index contributed by atoms with van der Waals surface area (Å²) in [6, 6.07) is 8.50. The van der Waals surface area contributed by atoms with Crippen molar-refractivity contribution in [3.8, 4) is 0 Å². The molecule has 0 aliphatic carbocycles. The molecule has 0 saturated carbocycles. The number of hydrogen-bond acceptors (Lipinski definition) is 1. The lowest BCUT2D eigenvalue weighted by molar-refractivity contribution is 0.470. The first kappa shape index (κ1) is 14.0. The van der Waals surface area contributed by atoms with E-state index in [2.05, 4.69) is 59.4 Å². The van der Waals surface area contributed by atoms with E-state index in [9.17, 15) is 0 Å². The lowest BCUT2D eigenvalue weighted by atomic mass is 9.84. The first-order chi connectivity index (χ1) is 7.56. The number of hydrogen-bond donors (Lipinski definition) is 1. The number of halogens is 2. The maximum absolute atomic E-state index is 5.64. The highest BCUT2D eigenvalue weighted by Crippen LogP contribution is 2.24. The van der Waals surface area contributed by atoms with Crippen molar-refractivity contribution in [1.29, 1.82) is 0 Å². The van der Waals surface area contributed by atoms with Crippen LogP contribution in [0.5, 0.6) is 0 Å². The molecule has 1 N–H and O–H groups in total. The molecule has 0 heterocycles. The molecule has 0 saturated heterocycles. The van der Waals surface area contributed by atoms with Crippen molar-refractivity contribution in [2.45, 2.75) is 25.7 Å². The molecule has 0 atom stereocenters. The Balaban J connectivity index is 2.55. The summed E-state index contributed by atoms with van der Waals surface area (Å²) >= 11 is 9.15. The monoisotopic (exact) mass is 303 g/mol. The van der Waals surface area contributed by atoms with Crippen molar-refractivity contribution >= 4 is 27.5 Å². The lowest BCUT2D eigenvalue weighted by Gasteiger charge is -2.26. The van der Waals surface area contributed by atoms with E-state index in [0.29, 0.717) is 0 Å². The van der Waals surface area contributed by atoms with E-state index in [-0.39, 0.29) is 5.41 Å². The van der Waals surface area contributed by atoms with Gasteiger partial charge in [0.05, 0.1) is 0 Å². The van der Waals surface area contributed by atoms with Gasteiger partial charge < -0.3 is 5.32 Å². The molecule has 1 aromatic carbocycles. The summed E-state index contributed by atoms with van der Waals surface area (Å²) in [5, 5.41) is 3.44. The smallest absolute Gasteiger partial charge is 0.0235 e. The third kappa shape index (κ3) is 4.44. The van der Waals surface area contributed by atoms with Crippen LogP contribution in [0.4, 0.5) is 0 Å². The highest BCUT2D eigenvalue weighted by atomic mass is 79.9. The molecule has 0 fully saturated rings. The number of alkyl halides is 1. The van der Waals surface area contributed by atoms with E-state index in [1.165, 1.54) is 5.56 Å². The van der Waals surface area contributed by atoms with Crippen LogP contribution in [0.15, 0.2) is 28.7 Å². The highest BCUT2D eigenvalue weighted by molar-refractivity contribution is 9.10. The molecule has 1 rings (SSSR count). The van der Waals surface area contributed by atoms with Gasteiger partial charge in [-0.3, -0.25) is 0 Å². The number of benzene rings is 1. The van der Waals surface area contributed by atoms with Crippen LogP contribution in [0.2, 0.25) is 0 Å². The predicted octanol–water partition coefficient (Wildman–Crippen LogP) is 3.95. The highest BCUT2D eigenvalue weighted by Gasteiger charge is 2.19. The zero-order valence-electron chi connectivity index (χ0n) is 9.89. The zero-order chi connectivity index (χ0) is 12.0. The Kier molecular flexibility index (Phi) is 5.81. The molecule has 0 bridgehead atoms. The Morgan fingerprint density at radius 1 is 1.38 bits per heavy atom. The first-order valence-corrected chi connectivity index (χ1v) is 6.92. The maximum Gasteiger partial charge on any atom is 0.0235 e. The predicted molar refractivity (Wildman–Crippen MR) is 75.4 cm³/mol. The molecule has 0 spiro atoms. The molecule has 0 unspecified atom stereocenters. The van der Waals surface area contributed by atoms with Crippen molar-refractivity contribution in [2.75, 3.05) is 19.0 Å². The van der Waals surface area contributed by atoms with E-state index in [0.717, 1.165) is 29.9 Å². The quantitative estimate of drug-likeness (QED) is 0.620. The normalized spacial score (nSPS) is 11.8. The molecule has 16 heavy (non-hydrogen) atoms. The minimum Gasteiger partial charge on any atom is -0.316 e. The van der Waals surface area contributed by atoms with Gasteiger partial charge in [-0.1, -0.05) is 41.9 Å². The van der Waals surface area contributed by atoms with E-state index < -0.39 is 0 Å².